The number of aryl methyl sites for hydroxylation is 1. The van der Waals surface area contributed by atoms with Crippen molar-refractivity contribution in [3.8, 4) is 11.1 Å². The molecule has 0 radical (unpaired) electrons. The van der Waals surface area contributed by atoms with Crippen molar-refractivity contribution in [3.05, 3.63) is 72.4 Å². The molecule has 2 N–H and O–H groups in total. The van der Waals surface area contributed by atoms with Crippen molar-refractivity contribution in [2.45, 2.75) is 19.9 Å². The first-order chi connectivity index (χ1) is 13.3. The van der Waals surface area contributed by atoms with E-state index in [4.69, 9.17) is 10.2 Å². The van der Waals surface area contributed by atoms with Gasteiger partial charge in [-0.1, -0.05) is 42.5 Å². The van der Waals surface area contributed by atoms with Crippen LogP contribution in [0, 0.1) is 0 Å². The summed E-state index contributed by atoms with van der Waals surface area (Å²) in [6.07, 6.45) is 3.13. The molecule has 0 saturated heterocycles. The van der Waals surface area contributed by atoms with E-state index >= 15 is 0 Å². The van der Waals surface area contributed by atoms with Crippen molar-refractivity contribution in [3.63, 3.8) is 0 Å². The summed E-state index contributed by atoms with van der Waals surface area (Å²) in [4.78, 5) is 0. The molecule has 0 aliphatic heterocycles. The highest BCUT2D eigenvalue weighted by molar-refractivity contribution is 6.10. The maximum atomic E-state index is 6.23. The molecule has 142 valence electrons. The van der Waals surface area contributed by atoms with Crippen LogP contribution in [-0.4, -0.2) is 11.1 Å². The number of hydrogen-bond donors (Lipinski definition) is 1. The van der Waals surface area contributed by atoms with Crippen LogP contribution in [0.25, 0.3) is 44.0 Å². The molecule has 2 heterocycles. The highest BCUT2D eigenvalue weighted by Gasteiger charge is 2.14. The first kappa shape index (κ1) is 18.6. The van der Waals surface area contributed by atoms with Gasteiger partial charge in [-0.05, 0) is 49.2 Å². The van der Waals surface area contributed by atoms with Gasteiger partial charge < -0.3 is 14.7 Å². The molecule has 3 nitrogen and oxygen atoms in total. The molecule has 5 aromatic rings. The molecule has 0 aliphatic carbocycles. The molecule has 0 unspecified atom stereocenters. The van der Waals surface area contributed by atoms with E-state index in [2.05, 4.69) is 66.2 Å². The second kappa shape index (κ2) is 7.34. The van der Waals surface area contributed by atoms with Crippen molar-refractivity contribution < 1.29 is 4.42 Å². The highest BCUT2D eigenvalue weighted by Crippen LogP contribution is 2.37. The summed E-state index contributed by atoms with van der Waals surface area (Å²) >= 11 is 0. The summed E-state index contributed by atoms with van der Waals surface area (Å²) in [5.74, 6) is 0. The third kappa shape index (κ3) is 2.79. The van der Waals surface area contributed by atoms with Crippen LogP contribution in [0.1, 0.15) is 12.5 Å². The Morgan fingerprint density at radius 3 is 2.57 bits per heavy atom. The van der Waals surface area contributed by atoms with E-state index in [0.29, 0.717) is 6.54 Å². The van der Waals surface area contributed by atoms with Crippen LogP contribution in [0.15, 0.2) is 71.3 Å². The van der Waals surface area contributed by atoms with Crippen LogP contribution in [0.4, 0.5) is 0 Å². The quantitative estimate of drug-likeness (QED) is 0.400. The number of para-hydroxylation sites is 2. The summed E-state index contributed by atoms with van der Waals surface area (Å²) in [5.41, 5.74) is 12.6. The van der Waals surface area contributed by atoms with Crippen LogP contribution in [0.5, 0.6) is 0 Å². The molecule has 0 spiro atoms. The molecule has 4 heteroatoms. The van der Waals surface area contributed by atoms with Gasteiger partial charge in [-0.3, -0.25) is 0 Å². The molecule has 0 atom stereocenters. The molecule has 3 aromatic carbocycles. The summed E-state index contributed by atoms with van der Waals surface area (Å²) in [7, 11) is 0. The fourth-order valence-electron chi connectivity index (χ4n) is 4.13. The number of benzene rings is 3. The van der Waals surface area contributed by atoms with Crippen LogP contribution < -0.4 is 5.73 Å². The monoisotopic (exact) mass is 390 g/mol. The Hall–Kier alpha value is -2.75. The number of hydrogen-bond acceptors (Lipinski definition) is 2. The minimum atomic E-state index is 0. The first-order valence-electron chi connectivity index (χ1n) is 9.52. The van der Waals surface area contributed by atoms with Crippen LogP contribution in [-0.2, 0) is 13.0 Å². The third-order valence-corrected chi connectivity index (χ3v) is 5.43. The fourth-order valence-corrected chi connectivity index (χ4v) is 4.13. The van der Waals surface area contributed by atoms with Gasteiger partial charge in [0.15, 0.2) is 0 Å². The van der Waals surface area contributed by atoms with E-state index in [1.54, 1.807) is 0 Å². The van der Waals surface area contributed by atoms with Crippen molar-refractivity contribution in [2.24, 2.45) is 5.73 Å². The second-order valence-corrected chi connectivity index (χ2v) is 6.99. The van der Waals surface area contributed by atoms with E-state index in [1.807, 2.05) is 12.1 Å². The number of nitrogens with two attached hydrogens (primary N) is 1. The number of fused-ring (bicyclic) bond motifs is 4. The van der Waals surface area contributed by atoms with E-state index < -0.39 is 0 Å². The zero-order chi connectivity index (χ0) is 18.4. The van der Waals surface area contributed by atoms with Gasteiger partial charge in [0.05, 0.1) is 0 Å². The van der Waals surface area contributed by atoms with E-state index in [1.165, 1.54) is 22.0 Å². The Morgan fingerprint density at radius 2 is 1.75 bits per heavy atom. The molecule has 0 aliphatic rings. The van der Waals surface area contributed by atoms with Gasteiger partial charge in [0.2, 0.25) is 0 Å². The van der Waals surface area contributed by atoms with Gasteiger partial charge >= 0.3 is 0 Å². The predicted molar refractivity (Wildman–Crippen MR) is 120 cm³/mol. The summed E-state index contributed by atoms with van der Waals surface area (Å²) in [6, 6.07) is 21.3. The molecule has 2 aromatic heterocycles. The van der Waals surface area contributed by atoms with Gasteiger partial charge in [0.1, 0.15) is 11.2 Å². The smallest absolute Gasteiger partial charge is 0.143 e. The van der Waals surface area contributed by atoms with Crippen LogP contribution >= 0.6 is 12.4 Å². The zero-order valence-electron chi connectivity index (χ0n) is 15.8. The van der Waals surface area contributed by atoms with Crippen LogP contribution in [0.3, 0.4) is 0 Å². The van der Waals surface area contributed by atoms with Crippen LogP contribution in [0.2, 0.25) is 0 Å². The van der Waals surface area contributed by atoms with Crippen molar-refractivity contribution in [1.82, 2.24) is 4.57 Å². The first-order valence-corrected chi connectivity index (χ1v) is 9.52. The standard InChI is InChI=1S/C24H22N2O.ClH/c1-2-26-15-17(12-13-25)21-14-16(10-11-22(21)26)18-7-5-8-20-19-6-3-4-9-23(19)27-24(18)20;/h3-11,14-15H,2,12-13,25H2,1H3;1H. The lowest BCUT2D eigenvalue weighted by atomic mass is 9.99. The van der Waals surface area contributed by atoms with Gasteiger partial charge in [0.25, 0.3) is 0 Å². The molecule has 0 saturated carbocycles. The lowest BCUT2D eigenvalue weighted by molar-refractivity contribution is 0.670. The Labute approximate surface area is 170 Å². The van der Waals surface area contributed by atoms with Gasteiger partial charge in [-0.25, -0.2) is 0 Å². The van der Waals surface area contributed by atoms with Crippen molar-refractivity contribution in [2.75, 3.05) is 6.54 Å². The highest BCUT2D eigenvalue weighted by atomic mass is 35.5. The molecule has 28 heavy (non-hydrogen) atoms. The number of aromatic nitrogens is 1. The average Bonchev–Trinajstić information content (AvgIpc) is 3.26. The van der Waals surface area contributed by atoms with Gasteiger partial charge in [-0.15, -0.1) is 12.4 Å². The molecule has 0 fully saturated rings. The zero-order valence-corrected chi connectivity index (χ0v) is 16.6. The fraction of sp³-hybridized carbons (Fsp3) is 0.167. The maximum absolute atomic E-state index is 6.23. The van der Waals surface area contributed by atoms with Gasteiger partial charge in [-0.2, -0.15) is 0 Å². The molecular weight excluding hydrogens is 368 g/mol. The van der Waals surface area contributed by atoms with E-state index in [-0.39, 0.29) is 12.4 Å². The molecule has 5 rings (SSSR count). The Balaban J connectivity index is 0.00000192. The van der Waals surface area contributed by atoms with Gasteiger partial charge in [0, 0.05) is 40.0 Å². The number of nitrogens with zero attached hydrogens (tertiary/aromatic N) is 1. The largest absolute Gasteiger partial charge is 0.455 e. The summed E-state index contributed by atoms with van der Waals surface area (Å²) in [6.45, 7) is 3.79. The Kier molecular flexibility index (Phi) is 4.88. The average molecular weight is 391 g/mol. The van der Waals surface area contributed by atoms with E-state index in [0.717, 1.165) is 40.5 Å². The summed E-state index contributed by atoms with van der Waals surface area (Å²) in [5, 5.41) is 3.61. The molecular formula is C24H23ClN2O. The third-order valence-electron chi connectivity index (χ3n) is 5.43. The van der Waals surface area contributed by atoms with E-state index in [9.17, 15) is 0 Å². The predicted octanol–water partition coefficient (Wildman–Crippen LogP) is 6.15. The lowest BCUT2D eigenvalue weighted by Crippen LogP contribution is -2.02. The lowest BCUT2D eigenvalue weighted by Gasteiger charge is -2.06. The number of rotatable bonds is 4. The normalized spacial score (nSPS) is 11.4. The maximum Gasteiger partial charge on any atom is 0.143 e. The minimum absolute atomic E-state index is 0. The second-order valence-electron chi connectivity index (χ2n) is 6.99. The topological polar surface area (TPSA) is 44.1 Å². The van der Waals surface area contributed by atoms with Crippen molar-refractivity contribution in [1.29, 1.82) is 0 Å². The molecule has 0 amide bonds. The number of halogens is 1. The Morgan fingerprint density at radius 1 is 0.929 bits per heavy atom. The summed E-state index contributed by atoms with van der Waals surface area (Å²) < 4.78 is 8.53. The van der Waals surface area contributed by atoms with Crippen molar-refractivity contribution >= 4 is 45.2 Å². The Bertz CT molecular complexity index is 1280. The SMILES string of the molecule is CCn1cc(CCN)c2cc(-c3cccc4c3oc3ccccc34)ccc21.Cl. The molecule has 0 bridgehead atoms. The minimum Gasteiger partial charge on any atom is -0.455 e. The number of furan rings is 1.